The van der Waals surface area contributed by atoms with E-state index >= 15 is 4.39 Å². The Morgan fingerprint density at radius 2 is 2.08 bits per heavy atom. The minimum absolute atomic E-state index is 0.00509. The Balaban J connectivity index is 1.84. The van der Waals surface area contributed by atoms with Crippen molar-refractivity contribution in [2.75, 3.05) is 0 Å². The number of alkyl halides is 1. The lowest BCUT2D eigenvalue weighted by Crippen LogP contribution is -2.35. The van der Waals surface area contributed by atoms with Gasteiger partial charge in [0.25, 0.3) is 0 Å². The van der Waals surface area contributed by atoms with E-state index < -0.39 is 23.1 Å². The van der Waals surface area contributed by atoms with Crippen molar-refractivity contribution < 1.29 is 18.0 Å². The van der Waals surface area contributed by atoms with Crippen LogP contribution in [0.2, 0.25) is 5.02 Å². The number of aromatic nitrogens is 1. The van der Waals surface area contributed by atoms with Crippen LogP contribution in [0.3, 0.4) is 0 Å². The molecule has 2 nitrogen and oxygen atoms in total. The minimum Gasteiger partial charge on any atom is -0.296 e. The Morgan fingerprint density at radius 1 is 1.32 bits per heavy atom. The molecule has 1 aromatic carbocycles. The van der Waals surface area contributed by atoms with Crippen molar-refractivity contribution in [3.05, 3.63) is 70.5 Å². The van der Waals surface area contributed by atoms with E-state index in [0.717, 1.165) is 6.07 Å². The number of ketones is 1. The number of benzene rings is 1. The number of carbonyl (C=O) groups excluding carboxylic acids is 1. The Bertz CT molecular complexity index is 868. The van der Waals surface area contributed by atoms with Crippen molar-refractivity contribution in [3.8, 4) is 0 Å². The van der Waals surface area contributed by atoms with E-state index in [1.165, 1.54) is 18.3 Å². The molecule has 3 rings (SSSR count). The van der Waals surface area contributed by atoms with Gasteiger partial charge in [0.1, 0.15) is 0 Å². The lowest BCUT2D eigenvalue weighted by atomic mass is 9.77. The number of Topliss-reactive ketones (excluding diaryl/α,β-unsaturated/α-hetero) is 1. The predicted octanol–water partition coefficient (Wildman–Crippen LogP) is 5.19. The van der Waals surface area contributed by atoms with Crippen LogP contribution in [0.25, 0.3) is 5.57 Å². The number of nitrogens with zero attached hydrogens (tertiary/aromatic N) is 1. The Hall–Kier alpha value is -2.14. The third-order valence-electron chi connectivity index (χ3n) is 4.52. The largest absolute Gasteiger partial charge is 0.296 e. The summed E-state index contributed by atoms with van der Waals surface area (Å²) in [6.45, 7) is 3.87. The van der Waals surface area contributed by atoms with Gasteiger partial charge in [-0.15, -0.1) is 0 Å². The highest BCUT2D eigenvalue weighted by Crippen LogP contribution is 2.43. The van der Waals surface area contributed by atoms with Crippen molar-refractivity contribution in [2.24, 2.45) is 0 Å². The average molecular weight is 366 g/mol. The van der Waals surface area contributed by atoms with Gasteiger partial charge in [0.2, 0.25) is 0 Å². The Kier molecular flexibility index (Phi) is 4.69. The van der Waals surface area contributed by atoms with Crippen LogP contribution >= 0.6 is 11.6 Å². The molecule has 1 atom stereocenters. The van der Waals surface area contributed by atoms with E-state index in [2.05, 4.69) is 11.6 Å². The number of halogens is 4. The second-order valence-electron chi connectivity index (χ2n) is 6.06. The van der Waals surface area contributed by atoms with Crippen LogP contribution < -0.4 is 0 Å². The van der Waals surface area contributed by atoms with Crippen molar-refractivity contribution in [1.29, 1.82) is 0 Å². The van der Waals surface area contributed by atoms with Gasteiger partial charge < -0.3 is 0 Å². The summed E-state index contributed by atoms with van der Waals surface area (Å²) in [5, 5.41) is -0.375. The van der Waals surface area contributed by atoms with Crippen LogP contribution in [-0.2, 0) is 16.9 Å². The first-order chi connectivity index (χ1) is 11.8. The van der Waals surface area contributed by atoms with Gasteiger partial charge in [0.15, 0.2) is 23.1 Å². The van der Waals surface area contributed by atoms with Crippen LogP contribution in [0.4, 0.5) is 13.2 Å². The maximum absolute atomic E-state index is 15.5. The highest BCUT2D eigenvalue weighted by Gasteiger charge is 2.44. The maximum Gasteiger partial charge on any atom is 0.196 e. The standard InChI is InChI=1S/C19H15ClF3NO/c1-11-8-9-19(23,13-3-2-10-24-18(11)13)15(25)7-5-12-4-6-14(21)17(22)16(12)20/h2-4,6,10H,1,5,7-9H2/t19-/m0/s1. The first kappa shape index (κ1) is 17.7. The SMILES string of the molecule is C=C1CC[C@@](F)(C(=O)CCc2ccc(F)c(F)c2Cl)c2cccnc21. The second-order valence-corrected chi connectivity index (χ2v) is 6.44. The highest BCUT2D eigenvalue weighted by atomic mass is 35.5. The van der Waals surface area contributed by atoms with E-state index in [-0.39, 0.29) is 35.4 Å². The molecule has 6 heteroatoms. The number of allylic oxidation sites excluding steroid dienone is 1. The molecule has 2 aromatic rings. The molecular weight excluding hydrogens is 351 g/mol. The van der Waals surface area contributed by atoms with Gasteiger partial charge in [0.05, 0.1) is 10.7 Å². The Morgan fingerprint density at radius 3 is 2.84 bits per heavy atom. The quantitative estimate of drug-likeness (QED) is 0.698. The predicted molar refractivity (Wildman–Crippen MR) is 90.0 cm³/mol. The van der Waals surface area contributed by atoms with Gasteiger partial charge in [-0.3, -0.25) is 9.78 Å². The fourth-order valence-corrected chi connectivity index (χ4v) is 3.33. The van der Waals surface area contributed by atoms with Crippen molar-refractivity contribution in [1.82, 2.24) is 4.98 Å². The normalized spacial score (nSPS) is 19.6. The van der Waals surface area contributed by atoms with Crippen molar-refractivity contribution in [3.63, 3.8) is 0 Å². The van der Waals surface area contributed by atoms with E-state index in [1.807, 2.05) is 0 Å². The molecule has 25 heavy (non-hydrogen) atoms. The van der Waals surface area contributed by atoms with Crippen molar-refractivity contribution >= 4 is 23.0 Å². The molecule has 0 spiro atoms. The number of fused-ring (bicyclic) bond motifs is 1. The molecule has 0 saturated heterocycles. The topological polar surface area (TPSA) is 30.0 Å². The molecule has 1 heterocycles. The molecule has 0 unspecified atom stereocenters. The van der Waals surface area contributed by atoms with Gasteiger partial charge in [-0.25, -0.2) is 13.2 Å². The second kappa shape index (κ2) is 6.64. The number of aryl methyl sites for hydroxylation is 1. The number of carbonyl (C=O) groups is 1. The monoisotopic (exact) mass is 365 g/mol. The zero-order chi connectivity index (χ0) is 18.2. The fraction of sp³-hybridized carbons (Fsp3) is 0.263. The molecule has 0 fully saturated rings. The summed E-state index contributed by atoms with van der Waals surface area (Å²) in [5.74, 6) is -2.85. The lowest BCUT2D eigenvalue weighted by molar-refractivity contribution is -0.131. The van der Waals surface area contributed by atoms with Gasteiger partial charge >= 0.3 is 0 Å². The molecular formula is C19H15ClF3NO. The summed E-state index contributed by atoms with van der Waals surface area (Å²) in [4.78, 5) is 16.7. The van der Waals surface area contributed by atoms with Gasteiger partial charge in [-0.2, -0.15) is 0 Å². The molecule has 0 aliphatic heterocycles. The molecule has 1 aliphatic rings. The summed E-state index contributed by atoms with van der Waals surface area (Å²) < 4.78 is 42.1. The van der Waals surface area contributed by atoms with E-state index in [4.69, 9.17) is 11.6 Å². The summed E-state index contributed by atoms with van der Waals surface area (Å²) in [6, 6.07) is 5.35. The molecule has 0 bridgehead atoms. The molecule has 0 radical (unpaired) electrons. The van der Waals surface area contributed by atoms with Crippen molar-refractivity contribution in [2.45, 2.75) is 31.4 Å². The van der Waals surface area contributed by atoms with Gasteiger partial charge in [-0.05, 0) is 42.5 Å². The number of rotatable bonds is 4. The fourth-order valence-electron chi connectivity index (χ4n) is 3.08. The van der Waals surface area contributed by atoms with Crippen LogP contribution in [0.15, 0.2) is 37.0 Å². The lowest BCUT2D eigenvalue weighted by Gasteiger charge is -2.31. The summed E-state index contributed by atoms with van der Waals surface area (Å²) >= 11 is 5.76. The molecule has 1 aromatic heterocycles. The van der Waals surface area contributed by atoms with Crippen LogP contribution in [-0.4, -0.2) is 10.8 Å². The first-order valence-corrected chi connectivity index (χ1v) is 8.20. The molecule has 1 aliphatic carbocycles. The third-order valence-corrected chi connectivity index (χ3v) is 4.93. The summed E-state index contributed by atoms with van der Waals surface area (Å²) in [7, 11) is 0. The zero-order valence-electron chi connectivity index (χ0n) is 13.3. The Labute approximate surface area is 148 Å². The smallest absolute Gasteiger partial charge is 0.196 e. The average Bonchev–Trinajstić information content (AvgIpc) is 2.62. The maximum atomic E-state index is 15.5. The molecule has 0 amide bonds. The van der Waals surface area contributed by atoms with Crippen LogP contribution in [0.5, 0.6) is 0 Å². The molecule has 0 saturated carbocycles. The number of pyridine rings is 1. The summed E-state index contributed by atoms with van der Waals surface area (Å²) in [5.41, 5.74) is -0.567. The van der Waals surface area contributed by atoms with E-state index in [0.29, 0.717) is 17.7 Å². The molecule has 130 valence electrons. The zero-order valence-corrected chi connectivity index (χ0v) is 14.0. The summed E-state index contributed by atoms with van der Waals surface area (Å²) in [6.07, 6.45) is 1.70. The number of hydrogen-bond donors (Lipinski definition) is 0. The number of hydrogen-bond acceptors (Lipinski definition) is 2. The minimum atomic E-state index is -2.16. The van der Waals surface area contributed by atoms with Gasteiger partial charge in [-0.1, -0.05) is 30.3 Å². The van der Waals surface area contributed by atoms with Crippen LogP contribution in [0.1, 0.15) is 36.1 Å². The first-order valence-electron chi connectivity index (χ1n) is 7.83. The highest BCUT2D eigenvalue weighted by molar-refractivity contribution is 6.31. The van der Waals surface area contributed by atoms with E-state index in [1.54, 1.807) is 6.07 Å². The molecule has 0 N–H and O–H groups in total. The third kappa shape index (κ3) is 3.09. The van der Waals surface area contributed by atoms with Gasteiger partial charge in [0, 0.05) is 18.2 Å². The van der Waals surface area contributed by atoms with Crippen LogP contribution in [0, 0.1) is 11.6 Å². The van der Waals surface area contributed by atoms with E-state index in [9.17, 15) is 13.6 Å².